The summed E-state index contributed by atoms with van der Waals surface area (Å²) in [7, 11) is 1.85. The summed E-state index contributed by atoms with van der Waals surface area (Å²) in [6.07, 6.45) is 2.03. The van der Waals surface area contributed by atoms with Gasteiger partial charge in [0.25, 0.3) is 0 Å². The van der Waals surface area contributed by atoms with E-state index in [-0.39, 0.29) is 11.7 Å². The maximum absolute atomic E-state index is 13.7. The molecule has 3 nitrogen and oxygen atoms in total. The highest BCUT2D eigenvalue weighted by Gasteiger charge is 2.18. The fourth-order valence-corrected chi connectivity index (χ4v) is 2.31. The van der Waals surface area contributed by atoms with Crippen LogP contribution in [0.2, 0.25) is 0 Å². The molecule has 0 radical (unpaired) electrons. The highest BCUT2D eigenvalue weighted by atomic mass is 19.1. The topological polar surface area (TPSA) is 43.8 Å². The number of nitrogens with two attached hydrogens (primary N) is 1. The van der Waals surface area contributed by atoms with Crippen molar-refractivity contribution in [3.05, 3.63) is 29.8 Å². The molecule has 0 aliphatic heterocycles. The Hall–Kier alpha value is -1.42. The van der Waals surface area contributed by atoms with Crippen molar-refractivity contribution in [3.8, 4) is 0 Å². The van der Waals surface area contributed by atoms with Gasteiger partial charge in [-0.3, -0.25) is 0 Å². The Labute approximate surface area is 100 Å². The van der Waals surface area contributed by atoms with Gasteiger partial charge in [-0.05, 0) is 18.6 Å². The Morgan fingerprint density at radius 3 is 2.82 bits per heavy atom. The largest absolute Gasteiger partial charge is 0.330 e. The van der Waals surface area contributed by atoms with E-state index in [0.717, 1.165) is 18.7 Å². The molecule has 1 aromatic heterocycles. The first kappa shape index (κ1) is 12.0. The number of benzene rings is 1. The van der Waals surface area contributed by atoms with Crippen LogP contribution in [0.15, 0.2) is 18.2 Å². The zero-order chi connectivity index (χ0) is 12.4. The number of nitrogens with zero attached hydrogens (tertiary/aromatic N) is 2. The summed E-state index contributed by atoms with van der Waals surface area (Å²) in [5.41, 5.74) is 7.04. The minimum absolute atomic E-state index is 0.205. The average Bonchev–Trinajstić information content (AvgIpc) is 2.65. The molecule has 0 amide bonds. The summed E-state index contributed by atoms with van der Waals surface area (Å²) in [6.45, 7) is 2.67. The molecule has 0 aliphatic carbocycles. The molecule has 92 valence electrons. The number of hydrogen-bond donors (Lipinski definition) is 1. The van der Waals surface area contributed by atoms with Crippen molar-refractivity contribution < 1.29 is 4.39 Å². The SMILES string of the molecule is CCCC(CN)c1nc2cccc(F)c2n1C. The van der Waals surface area contributed by atoms with E-state index in [4.69, 9.17) is 5.73 Å². The first-order valence-corrected chi connectivity index (χ1v) is 6.00. The van der Waals surface area contributed by atoms with Crippen molar-refractivity contribution in [2.75, 3.05) is 6.54 Å². The van der Waals surface area contributed by atoms with Gasteiger partial charge in [-0.25, -0.2) is 9.37 Å². The van der Waals surface area contributed by atoms with Gasteiger partial charge in [-0.1, -0.05) is 19.4 Å². The van der Waals surface area contributed by atoms with Crippen LogP contribution in [-0.2, 0) is 7.05 Å². The molecule has 1 heterocycles. The van der Waals surface area contributed by atoms with Gasteiger partial charge < -0.3 is 10.3 Å². The highest BCUT2D eigenvalue weighted by Crippen LogP contribution is 2.25. The van der Waals surface area contributed by atoms with Crippen LogP contribution in [0.1, 0.15) is 31.5 Å². The lowest BCUT2D eigenvalue weighted by Gasteiger charge is -2.13. The summed E-state index contributed by atoms with van der Waals surface area (Å²) in [5.74, 6) is 0.863. The number of rotatable bonds is 4. The molecule has 0 aliphatic rings. The Bertz CT molecular complexity index is 519. The first-order valence-electron chi connectivity index (χ1n) is 6.00. The molecular formula is C13H18FN3. The standard InChI is InChI=1S/C13H18FN3/c1-3-5-9(8-15)13-16-11-7-4-6-10(14)12(11)17(13)2/h4,6-7,9H,3,5,8,15H2,1-2H3. The summed E-state index contributed by atoms with van der Waals surface area (Å²) in [5, 5.41) is 0. The summed E-state index contributed by atoms with van der Waals surface area (Å²) in [4.78, 5) is 4.51. The van der Waals surface area contributed by atoms with E-state index in [0.29, 0.717) is 17.6 Å². The normalized spacial score (nSPS) is 13.2. The lowest BCUT2D eigenvalue weighted by molar-refractivity contribution is 0.568. The van der Waals surface area contributed by atoms with E-state index < -0.39 is 0 Å². The van der Waals surface area contributed by atoms with Crippen molar-refractivity contribution in [2.45, 2.75) is 25.7 Å². The van der Waals surface area contributed by atoms with Crippen molar-refractivity contribution in [2.24, 2.45) is 12.8 Å². The average molecular weight is 235 g/mol. The Kier molecular flexibility index (Phi) is 3.43. The van der Waals surface area contributed by atoms with Crippen molar-refractivity contribution in [1.29, 1.82) is 0 Å². The quantitative estimate of drug-likeness (QED) is 0.885. The molecule has 1 unspecified atom stereocenters. The molecule has 1 aromatic carbocycles. The van der Waals surface area contributed by atoms with Crippen LogP contribution >= 0.6 is 0 Å². The molecule has 0 fully saturated rings. The molecule has 4 heteroatoms. The van der Waals surface area contributed by atoms with Gasteiger partial charge in [0.15, 0.2) is 0 Å². The lowest BCUT2D eigenvalue weighted by Crippen LogP contribution is -2.16. The third-order valence-electron chi connectivity index (χ3n) is 3.17. The van der Waals surface area contributed by atoms with Crippen molar-refractivity contribution in [1.82, 2.24) is 9.55 Å². The number of halogens is 1. The first-order chi connectivity index (χ1) is 8.19. The van der Waals surface area contributed by atoms with Crippen molar-refractivity contribution in [3.63, 3.8) is 0 Å². The van der Waals surface area contributed by atoms with Gasteiger partial charge in [0.05, 0.1) is 5.52 Å². The van der Waals surface area contributed by atoms with Crippen LogP contribution in [0.4, 0.5) is 4.39 Å². The number of aryl methyl sites for hydroxylation is 1. The second kappa shape index (κ2) is 4.84. The maximum atomic E-state index is 13.7. The number of fused-ring (bicyclic) bond motifs is 1. The van der Waals surface area contributed by atoms with Gasteiger partial charge in [-0.15, -0.1) is 0 Å². The van der Waals surface area contributed by atoms with Gasteiger partial charge in [-0.2, -0.15) is 0 Å². The minimum Gasteiger partial charge on any atom is -0.330 e. The third kappa shape index (κ3) is 2.05. The van der Waals surface area contributed by atoms with E-state index in [1.54, 1.807) is 6.07 Å². The van der Waals surface area contributed by atoms with E-state index in [9.17, 15) is 4.39 Å². The van der Waals surface area contributed by atoms with Gasteiger partial charge >= 0.3 is 0 Å². The van der Waals surface area contributed by atoms with E-state index in [1.165, 1.54) is 6.07 Å². The van der Waals surface area contributed by atoms with Crippen LogP contribution in [0.5, 0.6) is 0 Å². The Balaban J connectivity index is 2.55. The monoisotopic (exact) mass is 235 g/mol. The van der Waals surface area contributed by atoms with E-state index >= 15 is 0 Å². The van der Waals surface area contributed by atoms with Crippen LogP contribution < -0.4 is 5.73 Å². The molecule has 0 saturated carbocycles. The van der Waals surface area contributed by atoms with E-state index in [1.807, 2.05) is 17.7 Å². The Morgan fingerprint density at radius 1 is 1.47 bits per heavy atom. The molecule has 2 N–H and O–H groups in total. The molecular weight excluding hydrogens is 217 g/mol. The fourth-order valence-electron chi connectivity index (χ4n) is 2.31. The summed E-state index contributed by atoms with van der Waals surface area (Å²) < 4.78 is 15.6. The van der Waals surface area contributed by atoms with Crippen LogP contribution in [0, 0.1) is 5.82 Å². The fraction of sp³-hybridized carbons (Fsp3) is 0.462. The summed E-state index contributed by atoms with van der Waals surface area (Å²) in [6, 6.07) is 4.98. The molecule has 0 bridgehead atoms. The summed E-state index contributed by atoms with van der Waals surface area (Å²) >= 11 is 0. The number of aromatic nitrogens is 2. The second-order valence-electron chi connectivity index (χ2n) is 4.36. The predicted octanol–water partition coefficient (Wildman–Crippen LogP) is 2.55. The minimum atomic E-state index is -0.226. The Morgan fingerprint density at radius 2 is 2.24 bits per heavy atom. The molecule has 17 heavy (non-hydrogen) atoms. The highest BCUT2D eigenvalue weighted by molar-refractivity contribution is 5.76. The van der Waals surface area contributed by atoms with E-state index in [2.05, 4.69) is 11.9 Å². The molecule has 0 spiro atoms. The number of imidazole rings is 1. The predicted molar refractivity (Wildman–Crippen MR) is 67.4 cm³/mol. The molecule has 1 atom stereocenters. The maximum Gasteiger partial charge on any atom is 0.149 e. The van der Waals surface area contributed by atoms with Gasteiger partial charge in [0.1, 0.15) is 17.2 Å². The zero-order valence-electron chi connectivity index (χ0n) is 10.3. The number of hydrogen-bond acceptors (Lipinski definition) is 2. The zero-order valence-corrected chi connectivity index (χ0v) is 10.3. The third-order valence-corrected chi connectivity index (χ3v) is 3.17. The smallest absolute Gasteiger partial charge is 0.149 e. The van der Waals surface area contributed by atoms with Crippen molar-refractivity contribution >= 4 is 11.0 Å². The number of para-hydroxylation sites is 1. The molecule has 2 aromatic rings. The molecule has 0 saturated heterocycles. The van der Waals surface area contributed by atoms with Gasteiger partial charge in [0.2, 0.25) is 0 Å². The lowest BCUT2D eigenvalue weighted by atomic mass is 10.0. The van der Waals surface area contributed by atoms with Crippen LogP contribution in [-0.4, -0.2) is 16.1 Å². The van der Waals surface area contributed by atoms with Crippen LogP contribution in [0.25, 0.3) is 11.0 Å². The van der Waals surface area contributed by atoms with Gasteiger partial charge in [0, 0.05) is 19.5 Å². The van der Waals surface area contributed by atoms with Crippen LogP contribution in [0.3, 0.4) is 0 Å². The second-order valence-corrected chi connectivity index (χ2v) is 4.36. The molecule has 2 rings (SSSR count).